The van der Waals surface area contributed by atoms with Gasteiger partial charge in [-0.05, 0) is 59.7 Å². The zero-order chi connectivity index (χ0) is 38.5. The van der Waals surface area contributed by atoms with Crippen LogP contribution in [0.3, 0.4) is 0 Å². The lowest BCUT2D eigenvalue weighted by Crippen LogP contribution is -2.42. The Morgan fingerprint density at radius 3 is 0.647 bits per heavy atom. The SMILES string of the molecule is CCOC(=O)CN(CC(=O)OCC)C(=O)c1cc(C(=O)N(CC(=O)OCC)CC(=O)OCC)cc(C(=O)N(CC(=O)OCC)CC(=O)OCC)c1. The molecule has 0 N–H and O–H groups in total. The van der Waals surface area contributed by atoms with Gasteiger partial charge in [-0.15, -0.1) is 0 Å². The minimum Gasteiger partial charge on any atom is -0.465 e. The first-order valence-corrected chi connectivity index (χ1v) is 16.2. The van der Waals surface area contributed by atoms with Crippen molar-refractivity contribution in [3.8, 4) is 0 Å². The summed E-state index contributed by atoms with van der Waals surface area (Å²) in [4.78, 5) is 119. The molecular weight excluding hydrogens is 678 g/mol. The molecule has 18 nitrogen and oxygen atoms in total. The van der Waals surface area contributed by atoms with Gasteiger partial charge in [-0.2, -0.15) is 0 Å². The molecule has 18 heteroatoms. The van der Waals surface area contributed by atoms with Gasteiger partial charge in [0.15, 0.2) is 0 Å². The molecule has 0 aliphatic carbocycles. The average Bonchev–Trinajstić information content (AvgIpc) is 3.06. The van der Waals surface area contributed by atoms with Crippen molar-refractivity contribution in [3.63, 3.8) is 0 Å². The fourth-order valence-corrected chi connectivity index (χ4v) is 4.32. The molecule has 0 saturated carbocycles. The van der Waals surface area contributed by atoms with Crippen LogP contribution in [0, 0.1) is 0 Å². The maximum absolute atomic E-state index is 13.9. The summed E-state index contributed by atoms with van der Waals surface area (Å²) in [6.45, 7) is 4.49. The summed E-state index contributed by atoms with van der Waals surface area (Å²) >= 11 is 0. The van der Waals surface area contributed by atoms with E-state index < -0.39 is 109 Å². The molecule has 0 spiro atoms. The zero-order valence-corrected chi connectivity index (χ0v) is 29.7. The van der Waals surface area contributed by atoms with E-state index in [0.717, 1.165) is 32.9 Å². The Hall–Kier alpha value is -5.55. The number of esters is 6. The van der Waals surface area contributed by atoms with Crippen LogP contribution in [0.2, 0.25) is 0 Å². The number of carbonyl (C=O) groups excluding carboxylic acids is 9. The van der Waals surface area contributed by atoms with E-state index in [1.54, 1.807) is 0 Å². The van der Waals surface area contributed by atoms with Gasteiger partial charge >= 0.3 is 35.8 Å². The van der Waals surface area contributed by atoms with Crippen molar-refractivity contribution in [1.82, 2.24) is 14.7 Å². The minimum atomic E-state index is -1.04. The van der Waals surface area contributed by atoms with Crippen LogP contribution in [0.5, 0.6) is 0 Å². The van der Waals surface area contributed by atoms with E-state index in [2.05, 4.69) is 0 Å². The smallest absolute Gasteiger partial charge is 0.325 e. The number of rotatable bonds is 21. The highest BCUT2D eigenvalue weighted by molar-refractivity contribution is 6.07. The molecule has 0 fully saturated rings. The standard InChI is InChI=1S/C33H45N3O15/c1-7-46-25(37)16-34(17-26(38)47-8-2)31(43)22-13-23(32(44)35(18-27(39)48-9-3)19-28(40)49-10-4)15-24(14-22)33(45)36(20-29(41)50-11-5)21-30(42)51-12-6/h13-15H,7-12,16-21H2,1-6H3. The van der Waals surface area contributed by atoms with Gasteiger partial charge in [-0.25, -0.2) is 0 Å². The second kappa shape index (κ2) is 23.0. The average molecular weight is 724 g/mol. The third kappa shape index (κ3) is 15.3. The Morgan fingerprint density at radius 2 is 0.510 bits per heavy atom. The van der Waals surface area contributed by atoms with Crippen molar-refractivity contribution in [2.45, 2.75) is 41.5 Å². The molecule has 0 aliphatic rings. The van der Waals surface area contributed by atoms with Crippen LogP contribution in [0.25, 0.3) is 0 Å². The molecule has 0 aromatic heterocycles. The van der Waals surface area contributed by atoms with E-state index in [4.69, 9.17) is 28.4 Å². The lowest BCUT2D eigenvalue weighted by atomic mass is 10.0. The van der Waals surface area contributed by atoms with Crippen LogP contribution in [-0.2, 0) is 57.2 Å². The fourth-order valence-electron chi connectivity index (χ4n) is 4.32. The van der Waals surface area contributed by atoms with Crippen molar-refractivity contribution in [2.75, 3.05) is 78.9 Å². The van der Waals surface area contributed by atoms with Gasteiger partial charge in [0.2, 0.25) is 0 Å². The molecule has 0 heterocycles. The number of nitrogens with zero attached hydrogens (tertiary/aromatic N) is 3. The van der Waals surface area contributed by atoms with Crippen molar-refractivity contribution < 1.29 is 71.6 Å². The Kier molecular flexibility index (Phi) is 19.6. The molecule has 3 amide bonds. The second-order valence-corrected chi connectivity index (χ2v) is 10.1. The van der Waals surface area contributed by atoms with Gasteiger partial charge in [-0.1, -0.05) is 0 Å². The van der Waals surface area contributed by atoms with Gasteiger partial charge in [0.1, 0.15) is 39.3 Å². The summed E-state index contributed by atoms with van der Waals surface area (Å²) in [5.74, 6) is -8.42. The van der Waals surface area contributed by atoms with E-state index in [0.29, 0.717) is 0 Å². The first-order chi connectivity index (χ1) is 24.2. The first kappa shape index (κ1) is 43.5. The van der Waals surface area contributed by atoms with E-state index in [-0.39, 0.29) is 39.6 Å². The van der Waals surface area contributed by atoms with E-state index in [1.807, 2.05) is 0 Å². The van der Waals surface area contributed by atoms with E-state index >= 15 is 0 Å². The lowest BCUT2D eigenvalue weighted by molar-refractivity contribution is -0.148. The summed E-state index contributed by atoms with van der Waals surface area (Å²) in [7, 11) is 0. The van der Waals surface area contributed by atoms with Crippen LogP contribution < -0.4 is 0 Å². The summed E-state index contributed by atoms with van der Waals surface area (Å²) in [6, 6.07) is 3.03. The van der Waals surface area contributed by atoms with Crippen LogP contribution >= 0.6 is 0 Å². The van der Waals surface area contributed by atoms with Crippen molar-refractivity contribution >= 4 is 53.5 Å². The van der Waals surface area contributed by atoms with Gasteiger partial charge < -0.3 is 43.1 Å². The summed E-state index contributed by atoms with van der Waals surface area (Å²) in [5.41, 5.74) is -1.26. The van der Waals surface area contributed by atoms with Crippen LogP contribution in [0.1, 0.15) is 72.6 Å². The molecule has 1 aromatic rings. The third-order valence-electron chi connectivity index (χ3n) is 6.29. The molecule has 0 bridgehead atoms. The summed E-state index contributed by atoms with van der Waals surface area (Å²) in [5, 5.41) is 0. The monoisotopic (exact) mass is 723 g/mol. The maximum atomic E-state index is 13.9. The summed E-state index contributed by atoms with van der Waals surface area (Å²) in [6.07, 6.45) is 0. The fraction of sp³-hybridized carbons (Fsp3) is 0.545. The predicted molar refractivity (Wildman–Crippen MR) is 174 cm³/mol. The predicted octanol–water partition coefficient (Wildman–Crippen LogP) is 0.392. The van der Waals surface area contributed by atoms with Crippen molar-refractivity contribution in [2.24, 2.45) is 0 Å². The number of amides is 3. The first-order valence-electron chi connectivity index (χ1n) is 16.2. The molecule has 0 atom stereocenters. The molecule has 1 aromatic carbocycles. The van der Waals surface area contributed by atoms with Crippen LogP contribution in [0.15, 0.2) is 18.2 Å². The minimum absolute atomic E-state index is 0.0452. The highest BCUT2D eigenvalue weighted by atomic mass is 16.6. The Labute approximate surface area is 295 Å². The third-order valence-corrected chi connectivity index (χ3v) is 6.29. The molecule has 0 unspecified atom stereocenters. The molecule has 282 valence electrons. The Morgan fingerprint density at radius 1 is 0.353 bits per heavy atom. The Balaban J connectivity index is 3.95. The van der Waals surface area contributed by atoms with Gasteiger partial charge in [-0.3, -0.25) is 43.2 Å². The number of ether oxygens (including phenoxy) is 6. The topological polar surface area (TPSA) is 219 Å². The molecule has 1 rings (SSSR count). The van der Waals surface area contributed by atoms with Gasteiger partial charge in [0.05, 0.1) is 39.6 Å². The van der Waals surface area contributed by atoms with Gasteiger partial charge in [0.25, 0.3) is 17.7 Å². The maximum Gasteiger partial charge on any atom is 0.325 e. The normalized spacial score (nSPS) is 10.2. The number of benzene rings is 1. The van der Waals surface area contributed by atoms with Crippen LogP contribution in [-0.4, -0.2) is 147 Å². The molecule has 51 heavy (non-hydrogen) atoms. The number of hydrogen-bond acceptors (Lipinski definition) is 15. The number of hydrogen-bond donors (Lipinski definition) is 0. The van der Waals surface area contributed by atoms with Crippen LogP contribution in [0.4, 0.5) is 0 Å². The quantitative estimate of drug-likeness (QED) is 0.124. The Bertz CT molecular complexity index is 1190. The lowest BCUT2D eigenvalue weighted by Gasteiger charge is -2.24. The molecule has 0 saturated heterocycles. The van der Waals surface area contributed by atoms with E-state index in [1.165, 1.54) is 41.5 Å². The highest BCUT2D eigenvalue weighted by Crippen LogP contribution is 2.18. The van der Waals surface area contributed by atoms with E-state index in [9.17, 15) is 43.2 Å². The molecule has 0 aliphatic heterocycles. The number of carbonyl (C=O) groups is 9. The second-order valence-electron chi connectivity index (χ2n) is 10.1. The molecular formula is C33H45N3O15. The summed E-state index contributed by atoms with van der Waals surface area (Å²) < 4.78 is 29.6. The zero-order valence-electron chi connectivity index (χ0n) is 29.7. The van der Waals surface area contributed by atoms with Crippen molar-refractivity contribution in [1.29, 1.82) is 0 Å². The highest BCUT2D eigenvalue weighted by Gasteiger charge is 2.30. The van der Waals surface area contributed by atoms with Gasteiger partial charge in [0, 0.05) is 16.7 Å². The molecule has 0 radical (unpaired) electrons. The largest absolute Gasteiger partial charge is 0.465 e. The van der Waals surface area contributed by atoms with Crippen molar-refractivity contribution in [3.05, 3.63) is 34.9 Å².